The summed E-state index contributed by atoms with van der Waals surface area (Å²) in [5.41, 5.74) is -1.33. The third-order valence-electron chi connectivity index (χ3n) is 4.31. The molecule has 0 saturated heterocycles. The summed E-state index contributed by atoms with van der Waals surface area (Å²) in [6.07, 6.45) is -3.61. The molecule has 164 valence electrons. The van der Waals surface area contributed by atoms with Crippen LogP contribution < -0.4 is 10.6 Å². The average Bonchev–Trinajstić information content (AvgIpc) is 3.17. The lowest BCUT2D eigenvalue weighted by Crippen LogP contribution is -2.47. The third-order valence-corrected chi connectivity index (χ3v) is 4.31. The summed E-state index contributed by atoms with van der Waals surface area (Å²) in [5.74, 6) is -0.843. The summed E-state index contributed by atoms with van der Waals surface area (Å²) < 4.78 is 44.5. The van der Waals surface area contributed by atoms with E-state index in [1.807, 2.05) is 0 Å². The van der Waals surface area contributed by atoms with Gasteiger partial charge in [0.25, 0.3) is 5.69 Å². The van der Waals surface area contributed by atoms with Crippen molar-refractivity contribution >= 4 is 17.7 Å². The molecular formula is C18H16F3N5O5. The zero-order valence-electron chi connectivity index (χ0n) is 16.0. The van der Waals surface area contributed by atoms with E-state index < -0.39 is 34.8 Å². The van der Waals surface area contributed by atoms with Crippen LogP contribution in [0, 0.1) is 10.1 Å². The van der Waals surface area contributed by atoms with Crippen LogP contribution in [0.1, 0.15) is 24.2 Å². The molecule has 0 unspecified atom stereocenters. The van der Waals surface area contributed by atoms with Crippen LogP contribution >= 0.6 is 0 Å². The minimum Gasteiger partial charge on any atom is -0.463 e. The van der Waals surface area contributed by atoms with Gasteiger partial charge < -0.3 is 15.4 Å². The van der Waals surface area contributed by atoms with Crippen molar-refractivity contribution in [2.45, 2.75) is 25.7 Å². The number of amides is 2. The number of nitrogens with one attached hydrogen (secondary N) is 2. The highest BCUT2D eigenvalue weighted by atomic mass is 19.4. The highest BCUT2D eigenvalue weighted by Crippen LogP contribution is 2.31. The Morgan fingerprint density at radius 2 is 2.10 bits per heavy atom. The summed E-state index contributed by atoms with van der Waals surface area (Å²) in [7, 11) is 0. The van der Waals surface area contributed by atoms with Gasteiger partial charge in [-0.05, 0) is 18.6 Å². The van der Waals surface area contributed by atoms with Crippen LogP contribution in [0.2, 0.25) is 0 Å². The number of hydrogen-bond acceptors (Lipinski definition) is 6. The molecule has 1 aromatic carbocycles. The molecule has 13 heteroatoms. The van der Waals surface area contributed by atoms with Crippen molar-refractivity contribution in [1.29, 1.82) is 0 Å². The van der Waals surface area contributed by atoms with Crippen LogP contribution in [0.15, 0.2) is 47.8 Å². The van der Waals surface area contributed by atoms with Gasteiger partial charge in [-0.2, -0.15) is 18.3 Å². The summed E-state index contributed by atoms with van der Waals surface area (Å²) >= 11 is 0. The normalized spacial score (nSPS) is 16.5. The number of halogens is 3. The van der Waals surface area contributed by atoms with E-state index in [0.717, 1.165) is 16.9 Å². The molecule has 0 radical (unpaired) electrons. The first-order chi connectivity index (χ1) is 14.6. The van der Waals surface area contributed by atoms with Crippen molar-refractivity contribution in [2.24, 2.45) is 0 Å². The van der Waals surface area contributed by atoms with Gasteiger partial charge in [-0.3, -0.25) is 14.8 Å². The highest BCUT2D eigenvalue weighted by Gasteiger charge is 2.36. The Hall–Kier alpha value is -3.90. The Labute approximate surface area is 172 Å². The predicted molar refractivity (Wildman–Crippen MR) is 98.4 cm³/mol. The van der Waals surface area contributed by atoms with Crippen LogP contribution in [0.25, 0.3) is 0 Å². The first kappa shape index (κ1) is 21.8. The van der Waals surface area contributed by atoms with Crippen molar-refractivity contribution in [3.05, 3.63) is 69.2 Å². The number of nitro groups is 1. The Balaban J connectivity index is 2.07. The van der Waals surface area contributed by atoms with Gasteiger partial charge >= 0.3 is 18.2 Å². The minimum absolute atomic E-state index is 0.00872. The number of alkyl halides is 3. The fourth-order valence-corrected chi connectivity index (χ4v) is 3.02. The number of allylic oxidation sites excluding steroid dienone is 1. The van der Waals surface area contributed by atoms with E-state index in [2.05, 4.69) is 15.7 Å². The molecule has 2 N–H and O–H groups in total. The van der Waals surface area contributed by atoms with E-state index in [9.17, 15) is 32.9 Å². The van der Waals surface area contributed by atoms with Crippen molar-refractivity contribution in [3.8, 4) is 0 Å². The van der Waals surface area contributed by atoms with Gasteiger partial charge in [-0.25, -0.2) is 9.59 Å². The zero-order valence-corrected chi connectivity index (χ0v) is 16.0. The molecule has 3 rings (SSSR count). The fourth-order valence-electron chi connectivity index (χ4n) is 3.02. The van der Waals surface area contributed by atoms with Gasteiger partial charge in [-0.15, -0.1) is 0 Å². The summed E-state index contributed by atoms with van der Waals surface area (Å²) in [4.78, 5) is 35.3. The van der Waals surface area contributed by atoms with Crippen LogP contribution in [-0.2, 0) is 22.3 Å². The monoisotopic (exact) mass is 439 g/mol. The van der Waals surface area contributed by atoms with Crippen LogP contribution in [-0.4, -0.2) is 33.3 Å². The number of non-ortho nitro benzene ring substituents is 1. The largest absolute Gasteiger partial charge is 0.463 e. The second kappa shape index (κ2) is 8.45. The van der Waals surface area contributed by atoms with Crippen molar-refractivity contribution in [3.63, 3.8) is 0 Å². The van der Waals surface area contributed by atoms with Crippen LogP contribution in [0.4, 0.5) is 23.7 Å². The number of urea groups is 1. The molecule has 1 atom stereocenters. The Kier molecular flexibility index (Phi) is 5.95. The number of nitrogens with zero attached hydrogens (tertiary/aromatic N) is 3. The molecule has 0 saturated carbocycles. The first-order valence-corrected chi connectivity index (χ1v) is 8.92. The zero-order chi connectivity index (χ0) is 22.8. The summed E-state index contributed by atoms with van der Waals surface area (Å²) in [5, 5.41) is 19.4. The van der Waals surface area contributed by atoms with E-state index in [1.165, 1.54) is 24.3 Å². The lowest BCUT2D eigenvalue weighted by atomic mass is 9.94. The predicted octanol–water partition coefficient (Wildman–Crippen LogP) is 2.68. The van der Waals surface area contributed by atoms with Gasteiger partial charge in [0.15, 0.2) is 5.69 Å². The molecule has 2 amide bonds. The molecule has 1 aliphatic heterocycles. The topological polar surface area (TPSA) is 128 Å². The molecule has 0 bridgehead atoms. The third kappa shape index (κ3) is 4.82. The number of ether oxygens (including phenoxy) is 1. The quantitative estimate of drug-likeness (QED) is 0.405. The molecule has 0 aliphatic carbocycles. The molecule has 1 aliphatic rings. The van der Waals surface area contributed by atoms with Crippen molar-refractivity contribution in [1.82, 2.24) is 20.4 Å². The average molecular weight is 439 g/mol. The number of carbonyl (C=O) groups is 2. The molecule has 31 heavy (non-hydrogen) atoms. The van der Waals surface area contributed by atoms with E-state index in [-0.39, 0.29) is 35.7 Å². The number of esters is 1. The lowest BCUT2D eigenvalue weighted by Gasteiger charge is -2.29. The molecule has 10 nitrogen and oxygen atoms in total. The van der Waals surface area contributed by atoms with Gasteiger partial charge in [0.1, 0.15) is 0 Å². The van der Waals surface area contributed by atoms with Gasteiger partial charge in [0.05, 0.1) is 35.4 Å². The molecular weight excluding hydrogens is 423 g/mol. The Morgan fingerprint density at radius 1 is 1.35 bits per heavy atom. The maximum absolute atomic E-state index is 12.8. The fraction of sp³-hybridized carbons (Fsp3) is 0.278. The van der Waals surface area contributed by atoms with Crippen molar-refractivity contribution < 1.29 is 32.4 Å². The summed E-state index contributed by atoms with van der Waals surface area (Å²) in [6.45, 7) is 1.17. The number of hydrogen-bond donors (Lipinski definition) is 2. The smallest absolute Gasteiger partial charge is 0.435 e. The number of rotatable bonds is 6. The Morgan fingerprint density at radius 3 is 2.71 bits per heavy atom. The lowest BCUT2D eigenvalue weighted by molar-refractivity contribution is -0.384. The van der Waals surface area contributed by atoms with Crippen LogP contribution in [0.5, 0.6) is 0 Å². The number of benzene rings is 1. The molecule has 0 spiro atoms. The number of carbonyl (C=O) groups excluding carboxylic acids is 2. The molecule has 1 aromatic heterocycles. The standard InChI is InChI=1S/C18H16F3N5O5/c1-2-31-16(27)14-12(9-25-7-6-13(24-25)18(19,20)21)22-17(28)23-15(14)10-4-3-5-11(8-10)26(29)30/h3-8,15H,2,9H2,1H3,(H2,22,23,28)/t15-/m0/s1. The van der Waals surface area contributed by atoms with Crippen LogP contribution in [0.3, 0.4) is 0 Å². The second-order valence-electron chi connectivity index (χ2n) is 6.39. The van der Waals surface area contributed by atoms with E-state index >= 15 is 0 Å². The van der Waals surface area contributed by atoms with Crippen molar-refractivity contribution in [2.75, 3.05) is 6.61 Å². The number of nitro benzene ring substituents is 1. The van der Waals surface area contributed by atoms with E-state index in [1.54, 1.807) is 6.92 Å². The first-order valence-electron chi connectivity index (χ1n) is 8.92. The van der Waals surface area contributed by atoms with E-state index in [0.29, 0.717) is 0 Å². The van der Waals surface area contributed by atoms with Gasteiger partial charge in [0, 0.05) is 18.3 Å². The maximum atomic E-state index is 12.8. The Bertz CT molecular complexity index is 1060. The van der Waals surface area contributed by atoms with Gasteiger partial charge in [-0.1, -0.05) is 12.1 Å². The van der Waals surface area contributed by atoms with Gasteiger partial charge in [0.2, 0.25) is 0 Å². The molecule has 2 aromatic rings. The van der Waals surface area contributed by atoms with E-state index in [4.69, 9.17) is 4.74 Å². The minimum atomic E-state index is -4.66. The second-order valence-corrected chi connectivity index (χ2v) is 6.39. The molecule has 0 fully saturated rings. The molecule has 2 heterocycles. The maximum Gasteiger partial charge on any atom is 0.435 e. The highest BCUT2D eigenvalue weighted by molar-refractivity contribution is 5.95. The number of aromatic nitrogens is 2. The summed E-state index contributed by atoms with van der Waals surface area (Å²) in [6, 6.07) is 4.16. The SMILES string of the molecule is CCOC(=O)C1=C(Cn2ccc(C(F)(F)F)n2)NC(=O)N[C@H]1c1cccc([N+](=O)[O-])c1.